The second-order valence-corrected chi connectivity index (χ2v) is 3.84. The molecule has 0 aromatic heterocycles. The largest absolute Gasteiger partial charge is 0.478 e. The lowest BCUT2D eigenvalue weighted by Crippen LogP contribution is -2.06. The van der Waals surface area contributed by atoms with E-state index in [9.17, 15) is 18.4 Å². The Hall–Kier alpha value is -2.56. The molecule has 0 aliphatic rings. The summed E-state index contributed by atoms with van der Waals surface area (Å²) in [6, 6.07) is 7.68. The Morgan fingerprint density at radius 1 is 0.947 bits per heavy atom. The Bertz CT molecular complexity index is 665. The van der Waals surface area contributed by atoms with E-state index < -0.39 is 29.0 Å². The number of carboxylic acids is 1. The summed E-state index contributed by atoms with van der Waals surface area (Å²) in [6.07, 6.45) is 0. The summed E-state index contributed by atoms with van der Waals surface area (Å²) in [5.74, 6) is -3.55. The van der Waals surface area contributed by atoms with Crippen molar-refractivity contribution in [3.8, 4) is 0 Å². The van der Waals surface area contributed by atoms with Gasteiger partial charge in [0.1, 0.15) is 11.6 Å². The molecule has 0 spiro atoms. The van der Waals surface area contributed by atoms with Crippen molar-refractivity contribution in [2.45, 2.75) is 0 Å². The minimum Gasteiger partial charge on any atom is -0.478 e. The minimum atomic E-state index is -1.20. The Morgan fingerprint density at radius 2 is 1.63 bits per heavy atom. The van der Waals surface area contributed by atoms with E-state index in [1.54, 1.807) is 0 Å². The van der Waals surface area contributed by atoms with Crippen LogP contribution in [0.25, 0.3) is 0 Å². The van der Waals surface area contributed by atoms with Crippen LogP contribution in [-0.4, -0.2) is 16.9 Å². The van der Waals surface area contributed by atoms with Crippen molar-refractivity contribution < 1.29 is 23.5 Å². The van der Waals surface area contributed by atoms with Gasteiger partial charge in [-0.25, -0.2) is 13.6 Å². The Morgan fingerprint density at radius 3 is 2.32 bits per heavy atom. The molecule has 0 fully saturated rings. The van der Waals surface area contributed by atoms with Gasteiger partial charge in [-0.15, -0.1) is 0 Å². The Labute approximate surface area is 107 Å². The van der Waals surface area contributed by atoms with Crippen LogP contribution in [0.5, 0.6) is 0 Å². The fraction of sp³-hybridized carbons (Fsp3) is 0. The number of carbonyl (C=O) groups excluding carboxylic acids is 1. The molecule has 3 nitrogen and oxygen atoms in total. The van der Waals surface area contributed by atoms with Crippen LogP contribution in [-0.2, 0) is 0 Å². The molecule has 0 amide bonds. The first-order valence-electron chi connectivity index (χ1n) is 5.32. The van der Waals surface area contributed by atoms with Crippen LogP contribution in [0.15, 0.2) is 42.5 Å². The summed E-state index contributed by atoms with van der Waals surface area (Å²) < 4.78 is 26.5. The zero-order valence-electron chi connectivity index (χ0n) is 9.56. The predicted molar refractivity (Wildman–Crippen MR) is 63.2 cm³/mol. The van der Waals surface area contributed by atoms with Gasteiger partial charge in [0.2, 0.25) is 0 Å². The van der Waals surface area contributed by atoms with Gasteiger partial charge in [-0.2, -0.15) is 0 Å². The van der Waals surface area contributed by atoms with Gasteiger partial charge in [-0.05, 0) is 30.3 Å². The SMILES string of the molecule is O=C(O)c1cccc(C(=O)c2cc(F)ccc2F)c1. The molecule has 5 heteroatoms. The van der Waals surface area contributed by atoms with E-state index in [0.717, 1.165) is 24.3 Å². The number of ketones is 1. The molecule has 1 N–H and O–H groups in total. The maximum Gasteiger partial charge on any atom is 0.335 e. The second kappa shape index (κ2) is 4.97. The maximum absolute atomic E-state index is 13.5. The van der Waals surface area contributed by atoms with Crippen molar-refractivity contribution in [1.29, 1.82) is 0 Å². The molecule has 2 rings (SSSR count). The first-order valence-corrected chi connectivity index (χ1v) is 5.32. The van der Waals surface area contributed by atoms with E-state index in [-0.39, 0.29) is 11.1 Å². The number of hydrogen-bond donors (Lipinski definition) is 1. The van der Waals surface area contributed by atoms with Crippen LogP contribution in [0.2, 0.25) is 0 Å². The normalized spacial score (nSPS) is 10.2. The van der Waals surface area contributed by atoms with Crippen LogP contribution in [0, 0.1) is 11.6 Å². The zero-order chi connectivity index (χ0) is 14.0. The average molecular weight is 262 g/mol. The highest BCUT2D eigenvalue weighted by Crippen LogP contribution is 2.16. The van der Waals surface area contributed by atoms with Gasteiger partial charge in [0, 0.05) is 5.56 Å². The first kappa shape index (κ1) is 12.9. The number of hydrogen-bond acceptors (Lipinski definition) is 2. The lowest BCUT2D eigenvalue weighted by atomic mass is 10.0. The Balaban J connectivity index is 2.47. The number of rotatable bonds is 3. The van der Waals surface area contributed by atoms with Crippen LogP contribution in [0.1, 0.15) is 26.3 Å². The van der Waals surface area contributed by atoms with Gasteiger partial charge < -0.3 is 5.11 Å². The number of aromatic carboxylic acids is 1. The van der Waals surface area contributed by atoms with Crippen LogP contribution in [0.4, 0.5) is 8.78 Å². The smallest absolute Gasteiger partial charge is 0.335 e. The van der Waals surface area contributed by atoms with E-state index in [4.69, 9.17) is 5.11 Å². The third kappa shape index (κ3) is 2.65. The van der Waals surface area contributed by atoms with Crippen LogP contribution >= 0.6 is 0 Å². The van der Waals surface area contributed by atoms with Gasteiger partial charge in [0.25, 0.3) is 0 Å². The van der Waals surface area contributed by atoms with E-state index in [1.165, 1.54) is 18.2 Å². The molecule has 2 aromatic rings. The summed E-state index contributed by atoms with van der Waals surface area (Å²) >= 11 is 0. The highest BCUT2D eigenvalue weighted by Gasteiger charge is 2.16. The van der Waals surface area contributed by atoms with E-state index >= 15 is 0 Å². The van der Waals surface area contributed by atoms with E-state index in [1.807, 2.05) is 0 Å². The summed E-state index contributed by atoms with van der Waals surface area (Å²) in [4.78, 5) is 22.8. The lowest BCUT2D eigenvalue weighted by molar-refractivity contribution is 0.0697. The second-order valence-electron chi connectivity index (χ2n) is 3.84. The van der Waals surface area contributed by atoms with Crippen molar-refractivity contribution in [2.24, 2.45) is 0 Å². The molecule has 0 radical (unpaired) electrons. The molecule has 19 heavy (non-hydrogen) atoms. The molecular weight excluding hydrogens is 254 g/mol. The van der Waals surface area contributed by atoms with Gasteiger partial charge in [-0.1, -0.05) is 12.1 Å². The third-order valence-electron chi connectivity index (χ3n) is 2.54. The monoisotopic (exact) mass is 262 g/mol. The number of benzene rings is 2. The van der Waals surface area contributed by atoms with Crippen molar-refractivity contribution in [1.82, 2.24) is 0 Å². The van der Waals surface area contributed by atoms with Gasteiger partial charge in [0.05, 0.1) is 11.1 Å². The molecule has 0 unspecified atom stereocenters. The van der Waals surface area contributed by atoms with Crippen molar-refractivity contribution in [3.63, 3.8) is 0 Å². The van der Waals surface area contributed by atoms with Crippen molar-refractivity contribution in [3.05, 3.63) is 70.8 Å². The number of halogens is 2. The minimum absolute atomic E-state index is 0.00981. The molecule has 0 aliphatic heterocycles. The lowest BCUT2D eigenvalue weighted by Gasteiger charge is -2.04. The van der Waals surface area contributed by atoms with Gasteiger partial charge >= 0.3 is 5.97 Å². The van der Waals surface area contributed by atoms with Gasteiger partial charge in [0.15, 0.2) is 5.78 Å². The standard InChI is InChI=1S/C14H8F2O3/c15-10-4-5-12(16)11(7-10)13(17)8-2-1-3-9(6-8)14(18)19/h1-7H,(H,18,19). The highest BCUT2D eigenvalue weighted by atomic mass is 19.1. The summed E-state index contributed by atoms with van der Waals surface area (Å²) in [6.45, 7) is 0. The maximum atomic E-state index is 13.5. The number of carboxylic acid groups (broad SMARTS) is 1. The van der Waals surface area contributed by atoms with E-state index in [0.29, 0.717) is 0 Å². The molecular formula is C14H8F2O3. The molecule has 0 aliphatic carbocycles. The van der Waals surface area contributed by atoms with Crippen molar-refractivity contribution >= 4 is 11.8 Å². The fourth-order valence-corrected chi connectivity index (χ4v) is 1.62. The molecule has 0 saturated heterocycles. The van der Waals surface area contributed by atoms with Crippen LogP contribution in [0.3, 0.4) is 0 Å². The van der Waals surface area contributed by atoms with Gasteiger partial charge in [-0.3, -0.25) is 4.79 Å². The summed E-state index contributed by atoms with van der Waals surface area (Å²) in [5, 5.41) is 8.81. The van der Waals surface area contributed by atoms with Crippen LogP contribution < -0.4 is 0 Å². The number of carbonyl (C=O) groups is 2. The Kier molecular flexibility index (Phi) is 3.37. The molecule has 96 valence electrons. The van der Waals surface area contributed by atoms with E-state index in [2.05, 4.69) is 0 Å². The highest BCUT2D eigenvalue weighted by molar-refractivity contribution is 6.10. The topological polar surface area (TPSA) is 54.4 Å². The zero-order valence-corrected chi connectivity index (χ0v) is 9.56. The summed E-state index contributed by atoms with van der Waals surface area (Å²) in [5.41, 5.74) is -0.533. The predicted octanol–water partition coefficient (Wildman–Crippen LogP) is 2.89. The molecule has 0 atom stereocenters. The van der Waals surface area contributed by atoms with Crippen molar-refractivity contribution in [2.75, 3.05) is 0 Å². The summed E-state index contributed by atoms with van der Waals surface area (Å²) in [7, 11) is 0. The molecule has 0 saturated carbocycles. The molecule has 0 heterocycles. The molecule has 2 aromatic carbocycles. The third-order valence-corrected chi connectivity index (χ3v) is 2.54. The average Bonchev–Trinajstić information content (AvgIpc) is 2.41. The molecule has 0 bridgehead atoms. The fourth-order valence-electron chi connectivity index (χ4n) is 1.62. The first-order chi connectivity index (χ1) is 8.99. The quantitative estimate of drug-likeness (QED) is 0.865.